The maximum Gasteiger partial charge on any atom is 0.339 e. The average molecular weight is 401 g/mol. The second kappa shape index (κ2) is 9.65. The second-order valence-corrected chi connectivity index (χ2v) is 6.88. The molecule has 0 heterocycles. The van der Waals surface area contributed by atoms with Gasteiger partial charge in [-0.05, 0) is 31.0 Å². The third-order valence-electron chi connectivity index (χ3n) is 4.71. The maximum absolute atomic E-state index is 12.8. The van der Waals surface area contributed by atoms with Gasteiger partial charge in [-0.1, -0.05) is 73.2 Å². The van der Waals surface area contributed by atoms with Crippen LogP contribution in [0.4, 0.5) is 5.69 Å². The van der Waals surface area contributed by atoms with E-state index in [9.17, 15) is 14.4 Å². The number of carbonyl (C=O) groups excluding carboxylic acids is 3. The van der Waals surface area contributed by atoms with E-state index in [1.807, 2.05) is 44.2 Å². The molecular formula is C25H23NO4. The number of aryl methyl sites for hydroxylation is 2. The lowest BCUT2D eigenvalue weighted by molar-refractivity contribution is -0.119. The van der Waals surface area contributed by atoms with E-state index in [-0.39, 0.29) is 16.9 Å². The van der Waals surface area contributed by atoms with Gasteiger partial charge in [0.1, 0.15) is 0 Å². The van der Waals surface area contributed by atoms with Crippen LogP contribution in [0, 0.1) is 6.92 Å². The van der Waals surface area contributed by atoms with E-state index in [1.165, 1.54) is 6.07 Å². The van der Waals surface area contributed by atoms with Gasteiger partial charge < -0.3 is 10.1 Å². The predicted octanol–water partition coefficient (Wildman–Crippen LogP) is 4.58. The molecule has 0 spiro atoms. The lowest BCUT2D eigenvalue weighted by Gasteiger charge is -2.11. The molecule has 0 aliphatic rings. The first kappa shape index (κ1) is 21.0. The van der Waals surface area contributed by atoms with Gasteiger partial charge in [0.15, 0.2) is 12.4 Å². The number of ether oxygens (including phenoxy) is 1. The van der Waals surface area contributed by atoms with Crippen molar-refractivity contribution in [1.29, 1.82) is 0 Å². The minimum Gasteiger partial charge on any atom is -0.452 e. The molecule has 152 valence electrons. The standard InChI is InChI=1S/C25H23NO4/c1-3-18-8-4-7-11-22(18)26-23(27)16-30-25(29)21-10-6-5-9-20(21)24(28)19-14-12-17(2)13-15-19/h4-15H,3,16H2,1-2H3,(H,26,27). The first-order valence-corrected chi connectivity index (χ1v) is 9.75. The van der Waals surface area contributed by atoms with Crippen LogP contribution in [0.3, 0.4) is 0 Å². The molecule has 0 saturated heterocycles. The molecule has 30 heavy (non-hydrogen) atoms. The number of nitrogens with one attached hydrogen (secondary N) is 1. The average Bonchev–Trinajstić information content (AvgIpc) is 2.78. The lowest BCUT2D eigenvalue weighted by Crippen LogP contribution is -2.22. The number of benzene rings is 3. The summed E-state index contributed by atoms with van der Waals surface area (Å²) in [4.78, 5) is 37.7. The molecule has 3 aromatic rings. The minimum atomic E-state index is -0.718. The van der Waals surface area contributed by atoms with Crippen LogP contribution in [0.25, 0.3) is 0 Å². The zero-order valence-electron chi connectivity index (χ0n) is 17.0. The molecular weight excluding hydrogens is 378 g/mol. The molecule has 3 rings (SSSR count). The van der Waals surface area contributed by atoms with Crippen LogP contribution in [-0.4, -0.2) is 24.3 Å². The summed E-state index contributed by atoms with van der Waals surface area (Å²) in [5.41, 5.74) is 3.57. The van der Waals surface area contributed by atoms with Crippen LogP contribution in [0.15, 0.2) is 72.8 Å². The van der Waals surface area contributed by atoms with Gasteiger partial charge in [0.2, 0.25) is 0 Å². The van der Waals surface area contributed by atoms with E-state index in [4.69, 9.17) is 4.74 Å². The molecule has 1 N–H and O–H groups in total. The van der Waals surface area contributed by atoms with Crippen molar-refractivity contribution in [2.24, 2.45) is 0 Å². The summed E-state index contributed by atoms with van der Waals surface area (Å²) in [5, 5.41) is 2.75. The first-order valence-electron chi connectivity index (χ1n) is 9.75. The molecule has 0 aromatic heterocycles. The summed E-state index contributed by atoms with van der Waals surface area (Å²) < 4.78 is 5.18. The van der Waals surface area contributed by atoms with E-state index in [0.717, 1.165) is 17.5 Å². The van der Waals surface area contributed by atoms with Gasteiger partial charge in [-0.15, -0.1) is 0 Å². The monoisotopic (exact) mass is 401 g/mol. The Hall–Kier alpha value is -3.73. The number of hydrogen-bond acceptors (Lipinski definition) is 4. The molecule has 0 aliphatic heterocycles. The topological polar surface area (TPSA) is 72.5 Å². The molecule has 0 fully saturated rings. The number of anilines is 1. The number of rotatable bonds is 7. The van der Waals surface area contributed by atoms with Crippen LogP contribution < -0.4 is 5.32 Å². The summed E-state index contributed by atoms with van der Waals surface area (Å²) in [7, 11) is 0. The fourth-order valence-electron chi connectivity index (χ4n) is 3.07. The molecule has 0 aliphatic carbocycles. The van der Waals surface area contributed by atoms with Gasteiger partial charge in [0, 0.05) is 16.8 Å². The van der Waals surface area contributed by atoms with Crippen LogP contribution in [0.5, 0.6) is 0 Å². The Kier molecular flexibility index (Phi) is 6.75. The van der Waals surface area contributed by atoms with Crippen molar-refractivity contribution >= 4 is 23.3 Å². The van der Waals surface area contributed by atoms with Gasteiger partial charge in [-0.2, -0.15) is 0 Å². The molecule has 0 unspecified atom stereocenters. The summed E-state index contributed by atoms with van der Waals surface area (Å²) >= 11 is 0. The van der Waals surface area contributed by atoms with Gasteiger partial charge in [0.05, 0.1) is 5.56 Å². The Morgan fingerprint density at radius 1 is 0.833 bits per heavy atom. The molecule has 1 amide bonds. The van der Waals surface area contributed by atoms with E-state index >= 15 is 0 Å². The van der Waals surface area contributed by atoms with Gasteiger partial charge >= 0.3 is 5.97 Å². The smallest absolute Gasteiger partial charge is 0.339 e. The Balaban J connectivity index is 1.69. The fraction of sp³-hybridized carbons (Fsp3) is 0.160. The van der Waals surface area contributed by atoms with Crippen LogP contribution in [0.1, 0.15) is 44.3 Å². The Bertz CT molecular complexity index is 1070. The number of amides is 1. The molecule has 0 bridgehead atoms. The quantitative estimate of drug-likeness (QED) is 0.464. The van der Waals surface area contributed by atoms with Gasteiger partial charge in [-0.25, -0.2) is 4.79 Å². The molecule has 5 heteroatoms. The fourth-order valence-corrected chi connectivity index (χ4v) is 3.07. The highest BCUT2D eigenvalue weighted by Gasteiger charge is 2.20. The number of carbonyl (C=O) groups is 3. The molecule has 5 nitrogen and oxygen atoms in total. The van der Waals surface area contributed by atoms with Crippen molar-refractivity contribution in [1.82, 2.24) is 0 Å². The van der Waals surface area contributed by atoms with E-state index in [1.54, 1.807) is 36.4 Å². The van der Waals surface area contributed by atoms with Gasteiger partial charge in [-0.3, -0.25) is 9.59 Å². The minimum absolute atomic E-state index is 0.129. The largest absolute Gasteiger partial charge is 0.452 e. The number of para-hydroxylation sites is 1. The van der Waals surface area contributed by atoms with E-state index in [2.05, 4.69) is 5.32 Å². The highest BCUT2D eigenvalue weighted by molar-refractivity contribution is 6.14. The summed E-state index contributed by atoms with van der Waals surface area (Å²) in [5.74, 6) is -1.43. The number of hydrogen-bond donors (Lipinski definition) is 1. The zero-order valence-corrected chi connectivity index (χ0v) is 17.0. The Labute approximate surface area is 175 Å². The van der Waals surface area contributed by atoms with Crippen LogP contribution in [-0.2, 0) is 16.0 Å². The number of ketones is 1. The molecule has 0 atom stereocenters. The predicted molar refractivity (Wildman–Crippen MR) is 116 cm³/mol. The Morgan fingerprint density at radius 2 is 1.47 bits per heavy atom. The van der Waals surface area contributed by atoms with Crippen molar-refractivity contribution in [2.45, 2.75) is 20.3 Å². The number of esters is 1. The van der Waals surface area contributed by atoms with Crippen molar-refractivity contribution in [3.63, 3.8) is 0 Å². The van der Waals surface area contributed by atoms with E-state index in [0.29, 0.717) is 11.3 Å². The van der Waals surface area contributed by atoms with E-state index < -0.39 is 18.5 Å². The SMILES string of the molecule is CCc1ccccc1NC(=O)COC(=O)c1ccccc1C(=O)c1ccc(C)cc1. The molecule has 0 saturated carbocycles. The van der Waals surface area contributed by atoms with Gasteiger partial charge in [0.25, 0.3) is 5.91 Å². The van der Waals surface area contributed by atoms with Crippen molar-refractivity contribution in [2.75, 3.05) is 11.9 Å². The second-order valence-electron chi connectivity index (χ2n) is 6.88. The highest BCUT2D eigenvalue weighted by atomic mass is 16.5. The molecule has 0 radical (unpaired) electrons. The van der Waals surface area contributed by atoms with Crippen molar-refractivity contribution < 1.29 is 19.1 Å². The van der Waals surface area contributed by atoms with Crippen molar-refractivity contribution in [3.8, 4) is 0 Å². The Morgan fingerprint density at radius 3 is 2.17 bits per heavy atom. The highest BCUT2D eigenvalue weighted by Crippen LogP contribution is 2.17. The lowest BCUT2D eigenvalue weighted by atomic mass is 9.98. The summed E-state index contributed by atoms with van der Waals surface area (Å²) in [6.07, 6.45) is 0.769. The third kappa shape index (κ3) is 5.00. The van der Waals surface area contributed by atoms with Crippen molar-refractivity contribution in [3.05, 3.63) is 101 Å². The summed E-state index contributed by atoms with van der Waals surface area (Å²) in [6, 6.07) is 21.0. The maximum atomic E-state index is 12.8. The molecule has 3 aromatic carbocycles. The normalized spacial score (nSPS) is 10.3. The zero-order chi connectivity index (χ0) is 21.5. The van der Waals surface area contributed by atoms with Crippen LogP contribution >= 0.6 is 0 Å². The summed E-state index contributed by atoms with van der Waals surface area (Å²) in [6.45, 7) is 3.49. The first-order chi connectivity index (χ1) is 14.5. The van der Waals surface area contributed by atoms with Crippen LogP contribution in [0.2, 0.25) is 0 Å². The third-order valence-corrected chi connectivity index (χ3v) is 4.71.